The van der Waals surface area contributed by atoms with Crippen molar-refractivity contribution in [3.63, 3.8) is 0 Å². The first kappa shape index (κ1) is 18.0. The Hall–Kier alpha value is -3.10. The number of nitrogens with zero attached hydrogens (tertiary/aromatic N) is 3. The maximum Gasteiger partial charge on any atom is 0.421 e. The van der Waals surface area contributed by atoms with Crippen molar-refractivity contribution in [2.75, 3.05) is 0 Å². The zero-order chi connectivity index (χ0) is 20.4. The highest BCUT2D eigenvalue weighted by atomic mass is 19.4. The molecule has 1 spiro atoms. The largest absolute Gasteiger partial charge is 0.475 e. The van der Waals surface area contributed by atoms with E-state index in [0.717, 1.165) is 30.4 Å². The number of halogens is 3. The summed E-state index contributed by atoms with van der Waals surface area (Å²) in [6, 6.07) is 3.62. The summed E-state index contributed by atoms with van der Waals surface area (Å²) in [5.41, 5.74) is 0.0322. The van der Waals surface area contributed by atoms with Gasteiger partial charge in [0.1, 0.15) is 17.0 Å². The van der Waals surface area contributed by atoms with Gasteiger partial charge in [-0.1, -0.05) is 6.42 Å². The van der Waals surface area contributed by atoms with E-state index in [-0.39, 0.29) is 28.9 Å². The van der Waals surface area contributed by atoms with Crippen molar-refractivity contribution in [2.24, 2.45) is 0 Å². The van der Waals surface area contributed by atoms with Gasteiger partial charge in [-0.2, -0.15) is 18.3 Å². The zero-order valence-corrected chi connectivity index (χ0v) is 15.2. The summed E-state index contributed by atoms with van der Waals surface area (Å²) in [6.45, 7) is 0.381. The van der Waals surface area contributed by atoms with Crippen molar-refractivity contribution in [1.29, 1.82) is 0 Å². The average Bonchev–Trinajstić information content (AvgIpc) is 3.21. The SMILES string of the molecule is O=C(O)c1oc2c(c1C(F)(F)F)-c1nn(Cc3ccncc3)cc1C1(CCC1)C2. The van der Waals surface area contributed by atoms with E-state index in [4.69, 9.17) is 4.42 Å². The second-order valence-corrected chi connectivity index (χ2v) is 7.66. The van der Waals surface area contributed by atoms with E-state index in [0.29, 0.717) is 6.54 Å². The van der Waals surface area contributed by atoms with Crippen LogP contribution in [-0.2, 0) is 24.6 Å². The molecule has 150 valence electrons. The molecule has 0 aliphatic heterocycles. The zero-order valence-electron chi connectivity index (χ0n) is 15.2. The second-order valence-electron chi connectivity index (χ2n) is 7.66. The normalized spacial score (nSPS) is 16.9. The van der Waals surface area contributed by atoms with Crippen LogP contribution in [0.15, 0.2) is 35.1 Å². The fraction of sp³-hybridized carbons (Fsp3) is 0.350. The molecule has 0 atom stereocenters. The lowest BCUT2D eigenvalue weighted by Gasteiger charge is -2.43. The van der Waals surface area contributed by atoms with Gasteiger partial charge >= 0.3 is 12.1 Å². The molecule has 0 amide bonds. The van der Waals surface area contributed by atoms with Crippen LogP contribution in [0.25, 0.3) is 11.3 Å². The van der Waals surface area contributed by atoms with Gasteiger partial charge in [-0.15, -0.1) is 0 Å². The number of carboxylic acids is 1. The first-order valence-corrected chi connectivity index (χ1v) is 9.22. The second kappa shape index (κ2) is 5.95. The molecule has 29 heavy (non-hydrogen) atoms. The van der Waals surface area contributed by atoms with Gasteiger partial charge in [0.15, 0.2) is 0 Å². The number of furan rings is 1. The molecule has 2 aliphatic carbocycles. The van der Waals surface area contributed by atoms with Gasteiger partial charge in [0.25, 0.3) is 0 Å². The summed E-state index contributed by atoms with van der Waals surface area (Å²) in [4.78, 5) is 15.4. The van der Waals surface area contributed by atoms with E-state index in [9.17, 15) is 23.1 Å². The Labute approximate surface area is 163 Å². The lowest BCUT2D eigenvalue weighted by molar-refractivity contribution is -0.138. The van der Waals surface area contributed by atoms with Crippen LogP contribution in [0.5, 0.6) is 0 Å². The number of aromatic nitrogens is 3. The van der Waals surface area contributed by atoms with E-state index in [1.54, 1.807) is 23.3 Å². The van der Waals surface area contributed by atoms with Crippen LogP contribution in [0.1, 0.15) is 52.3 Å². The molecule has 0 radical (unpaired) electrons. The summed E-state index contributed by atoms with van der Waals surface area (Å²) in [5.74, 6) is -2.73. The van der Waals surface area contributed by atoms with Crippen LogP contribution in [0, 0.1) is 0 Å². The van der Waals surface area contributed by atoms with Crippen molar-refractivity contribution in [2.45, 2.75) is 43.8 Å². The average molecular weight is 403 g/mol. The molecule has 1 N–H and O–H groups in total. The number of aromatic carboxylic acids is 1. The molecule has 0 bridgehead atoms. The Kier molecular flexibility index (Phi) is 3.68. The van der Waals surface area contributed by atoms with Crippen LogP contribution < -0.4 is 0 Å². The van der Waals surface area contributed by atoms with Gasteiger partial charge in [-0.05, 0) is 30.5 Å². The number of alkyl halides is 3. The van der Waals surface area contributed by atoms with Gasteiger partial charge in [0.05, 0.1) is 12.1 Å². The summed E-state index contributed by atoms with van der Waals surface area (Å²) in [5, 5.41) is 13.8. The van der Waals surface area contributed by atoms with E-state index in [1.165, 1.54) is 0 Å². The van der Waals surface area contributed by atoms with Gasteiger partial charge < -0.3 is 9.52 Å². The predicted molar refractivity (Wildman–Crippen MR) is 94.5 cm³/mol. The van der Waals surface area contributed by atoms with Crippen molar-refractivity contribution < 1.29 is 27.5 Å². The summed E-state index contributed by atoms with van der Waals surface area (Å²) in [6.07, 6.45) is 3.06. The molecule has 0 aromatic carbocycles. The molecule has 3 heterocycles. The van der Waals surface area contributed by atoms with E-state index in [1.807, 2.05) is 12.1 Å². The molecule has 1 fully saturated rings. The molecular weight excluding hydrogens is 387 g/mol. The standard InChI is InChI=1S/C20H16F3N3O3/c21-20(22,23)15-14-13(29-17(15)18(27)28)8-19(4-1-5-19)12-10-26(25-16(12)14)9-11-2-6-24-7-3-11/h2-3,6-7,10H,1,4-5,8-9H2,(H,27,28). The molecule has 3 aromatic rings. The molecule has 3 aromatic heterocycles. The van der Waals surface area contributed by atoms with Crippen LogP contribution in [0.4, 0.5) is 13.2 Å². The predicted octanol–water partition coefficient (Wildman–Crippen LogP) is 4.28. The monoisotopic (exact) mass is 403 g/mol. The summed E-state index contributed by atoms with van der Waals surface area (Å²) in [7, 11) is 0. The lowest BCUT2D eigenvalue weighted by Crippen LogP contribution is -2.38. The molecule has 6 nitrogen and oxygen atoms in total. The molecule has 0 unspecified atom stereocenters. The van der Waals surface area contributed by atoms with Crippen LogP contribution in [-0.4, -0.2) is 25.8 Å². The minimum Gasteiger partial charge on any atom is -0.475 e. The van der Waals surface area contributed by atoms with Gasteiger partial charge in [-0.25, -0.2) is 4.79 Å². The highest BCUT2D eigenvalue weighted by Crippen LogP contribution is 2.56. The van der Waals surface area contributed by atoms with Gasteiger partial charge in [-0.3, -0.25) is 9.67 Å². The Bertz CT molecular complexity index is 1110. The number of pyridine rings is 1. The number of carboxylic acid groups (broad SMARTS) is 1. The van der Waals surface area contributed by atoms with Crippen molar-refractivity contribution >= 4 is 5.97 Å². The highest BCUT2D eigenvalue weighted by molar-refractivity contribution is 5.91. The smallest absolute Gasteiger partial charge is 0.421 e. The summed E-state index contributed by atoms with van der Waals surface area (Å²) < 4.78 is 48.3. The van der Waals surface area contributed by atoms with E-state index in [2.05, 4.69) is 10.1 Å². The minimum absolute atomic E-state index is 0.0658. The maximum absolute atomic E-state index is 13.8. The third-order valence-corrected chi connectivity index (χ3v) is 5.93. The molecule has 1 saturated carbocycles. The first-order chi connectivity index (χ1) is 13.8. The van der Waals surface area contributed by atoms with Gasteiger partial charge in [0.2, 0.25) is 5.76 Å². The molecular formula is C20H16F3N3O3. The quantitative estimate of drug-likeness (QED) is 0.706. The summed E-state index contributed by atoms with van der Waals surface area (Å²) >= 11 is 0. The van der Waals surface area contributed by atoms with Crippen LogP contribution in [0.3, 0.4) is 0 Å². The minimum atomic E-state index is -4.86. The molecule has 0 saturated heterocycles. The third kappa shape index (κ3) is 2.67. The third-order valence-electron chi connectivity index (χ3n) is 5.93. The highest BCUT2D eigenvalue weighted by Gasteiger charge is 2.52. The topological polar surface area (TPSA) is 81.1 Å². The lowest BCUT2D eigenvalue weighted by atomic mass is 9.59. The van der Waals surface area contributed by atoms with Gasteiger partial charge in [0, 0.05) is 36.0 Å². The Morgan fingerprint density at radius 1 is 1.28 bits per heavy atom. The Morgan fingerprint density at radius 3 is 2.59 bits per heavy atom. The van der Waals surface area contributed by atoms with E-state index < -0.39 is 23.5 Å². The molecule has 5 rings (SSSR count). The van der Waals surface area contributed by atoms with Crippen molar-refractivity contribution in [1.82, 2.24) is 14.8 Å². The number of hydrogen-bond donors (Lipinski definition) is 1. The first-order valence-electron chi connectivity index (χ1n) is 9.22. The van der Waals surface area contributed by atoms with Crippen molar-refractivity contribution in [3.05, 3.63) is 58.9 Å². The Morgan fingerprint density at radius 2 is 2.00 bits per heavy atom. The van der Waals surface area contributed by atoms with Crippen LogP contribution >= 0.6 is 0 Å². The maximum atomic E-state index is 13.8. The Balaban J connectivity index is 1.70. The van der Waals surface area contributed by atoms with E-state index >= 15 is 0 Å². The van der Waals surface area contributed by atoms with Crippen molar-refractivity contribution in [3.8, 4) is 11.3 Å². The molecule has 2 aliphatic rings. The fourth-order valence-electron chi connectivity index (χ4n) is 4.48. The fourth-order valence-corrected chi connectivity index (χ4v) is 4.48. The number of fused-ring (bicyclic) bond motifs is 4. The number of rotatable bonds is 3. The van der Waals surface area contributed by atoms with Crippen LogP contribution in [0.2, 0.25) is 0 Å². The number of carbonyl (C=O) groups is 1. The molecule has 9 heteroatoms. The number of hydrogen-bond acceptors (Lipinski definition) is 4.